The van der Waals surface area contributed by atoms with Crippen molar-refractivity contribution >= 4 is 17.2 Å². The van der Waals surface area contributed by atoms with Crippen molar-refractivity contribution in [3.05, 3.63) is 64.7 Å². The number of nitrogens with zero attached hydrogens (tertiary/aromatic N) is 1. The maximum Gasteiger partial charge on any atom is 0.220 e. The number of hydrogen-bond acceptors (Lipinski definition) is 5. The summed E-state index contributed by atoms with van der Waals surface area (Å²) in [4.78, 5) is 18.3. The van der Waals surface area contributed by atoms with E-state index < -0.39 is 0 Å². The van der Waals surface area contributed by atoms with Crippen molar-refractivity contribution in [3.8, 4) is 22.1 Å². The van der Waals surface area contributed by atoms with Crippen LogP contribution in [0.4, 0.5) is 0 Å². The number of ether oxygens (including phenoxy) is 2. The fraction of sp³-hybridized carbons (Fsp3) is 0.333. The predicted octanol–water partition coefficient (Wildman–Crippen LogP) is 5.09. The molecule has 0 spiro atoms. The van der Waals surface area contributed by atoms with E-state index in [-0.39, 0.29) is 11.9 Å². The van der Waals surface area contributed by atoms with Gasteiger partial charge in [-0.15, -0.1) is 11.3 Å². The lowest BCUT2D eigenvalue weighted by molar-refractivity contribution is -0.121. The zero-order valence-corrected chi connectivity index (χ0v) is 18.1. The summed E-state index contributed by atoms with van der Waals surface area (Å²) in [6, 6.07) is 16.0. The number of thiazole rings is 1. The van der Waals surface area contributed by atoms with Crippen LogP contribution in [-0.4, -0.2) is 24.1 Å². The Labute approximate surface area is 181 Å². The molecule has 4 rings (SSSR count). The first-order valence-electron chi connectivity index (χ1n) is 10.3. The van der Waals surface area contributed by atoms with Crippen molar-refractivity contribution in [3.63, 3.8) is 0 Å². The van der Waals surface area contributed by atoms with Crippen molar-refractivity contribution in [2.75, 3.05) is 13.2 Å². The Kier molecular flexibility index (Phi) is 6.33. The van der Waals surface area contributed by atoms with E-state index in [2.05, 4.69) is 17.4 Å². The van der Waals surface area contributed by atoms with Crippen molar-refractivity contribution in [2.45, 2.75) is 39.2 Å². The van der Waals surface area contributed by atoms with E-state index in [0.29, 0.717) is 26.1 Å². The summed E-state index contributed by atoms with van der Waals surface area (Å²) >= 11 is 1.64. The van der Waals surface area contributed by atoms with Gasteiger partial charge in [-0.2, -0.15) is 0 Å². The number of fused-ring (bicyclic) bond motifs is 1. The van der Waals surface area contributed by atoms with Gasteiger partial charge in [0.2, 0.25) is 5.91 Å². The molecule has 1 aromatic heterocycles. The van der Waals surface area contributed by atoms with Crippen LogP contribution in [0.25, 0.3) is 10.6 Å². The normalized spacial score (nSPS) is 14.1. The highest BCUT2D eigenvalue weighted by atomic mass is 32.1. The van der Waals surface area contributed by atoms with Gasteiger partial charge in [0.1, 0.15) is 5.01 Å². The van der Waals surface area contributed by atoms with Gasteiger partial charge in [-0.1, -0.05) is 36.4 Å². The van der Waals surface area contributed by atoms with Gasteiger partial charge < -0.3 is 14.8 Å². The highest BCUT2D eigenvalue weighted by molar-refractivity contribution is 7.15. The van der Waals surface area contributed by atoms with Crippen LogP contribution in [-0.2, 0) is 11.2 Å². The smallest absolute Gasteiger partial charge is 0.220 e. The molecule has 1 aliphatic rings. The molecule has 0 saturated carbocycles. The van der Waals surface area contributed by atoms with E-state index in [1.54, 1.807) is 11.3 Å². The molecule has 0 fully saturated rings. The van der Waals surface area contributed by atoms with Crippen LogP contribution in [0.1, 0.15) is 41.9 Å². The van der Waals surface area contributed by atoms with Gasteiger partial charge >= 0.3 is 0 Å². The molecule has 0 bridgehead atoms. The topological polar surface area (TPSA) is 60.5 Å². The van der Waals surface area contributed by atoms with E-state index in [0.717, 1.165) is 44.6 Å². The number of hydrogen-bond donors (Lipinski definition) is 1. The molecular weight excluding hydrogens is 396 g/mol. The monoisotopic (exact) mass is 422 g/mol. The van der Waals surface area contributed by atoms with Gasteiger partial charge in [0.05, 0.1) is 29.8 Å². The Hall–Kier alpha value is -2.86. The van der Waals surface area contributed by atoms with Crippen LogP contribution in [0, 0.1) is 6.92 Å². The third-order valence-electron chi connectivity index (χ3n) is 5.08. The predicted molar refractivity (Wildman–Crippen MR) is 119 cm³/mol. The molecule has 156 valence electrons. The van der Waals surface area contributed by atoms with Crippen molar-refractivity contribution in [2.24, 2.45) is 0 Å². The molecule has 2 heterocycles. The number of aryl methyl sites for hydroxylation is 2. The first-order chi connectivity index (χ1) is 14.6. The molecular formula is C24H26N2O3S. The minimum Gasteiger partial charge on any atom is -0.490 e. The van der Waals surface area contributed by atoms with E-state index in [1.807, 2.05) is 50.2 Å². The van der Waals surface area contributed by atoms with Crippen LogP contribution in [0.2, 0.25) is 0 Å². The Bertz CT molecular complexity index is 1020. The van der Waals surface area contributed by atoms with Crippen LogP contribution in [0.5, 0.6) is 11.5 Å². The van der Waals surface area contributed by atoms with Gasteiger partial charge in [0.15, 0.2) is 11.5 Å². The number of benzene rings is 2. The van der Waals surface area contributed by atoms with E-state index in [1.165, 1.54) is 0 Å². The molecule has 2 aromatic carbocycles. The minimum atomic E-state index is -0.0729. The second-order valence-corrected chi connectivity index (χ2v) is 8.49. The van der Waals surface area contributed by atoms with Crippen molar-refractivity contribution in [1.82, 2.24) is 10.3 Å². The van der Waals surface area contributed by atoms with Gasteiger partial charge in [0.25, 0.3) is 0 Å². The van der Waals surface area contributed by atoms with Crippen LogP contribution < -0.4 is 14.8 Å². The van der Waals surface area contributed by atoms with E-state index in [4.69, 9.17) is 14.5 Å². The first kappa shape index (κ1) is 20.4. The van der Waals surface area contributed by atoms with Gasteiger partial charge in [-0.3, -0.25) is 4.79 Å². The molecule has 5 nitrogen and oxygen atoms in total. The molecule has 3 aromatic rings. The highest BCUT2D eigenvalue weighted by Crippen LogP contribution is 2.32. The molecule has 0 radical (unpaired) electrons. The lowest BCUT2D eigenvalue weighted by Crippen LogP contribution is -2.26. The summed E-state index contributed by atoms with van der Waals surface area (Å²) in [6.45, 7) is 5.35. The molecule has 6 heteroatoms. The highest BCUT2D eigenvalue weighted by Gasteiger charge is 2.17. The quantitative estimate of drug-likeness (QED) is 0.601. The summed E-state index contributed by atoms with van der Waals surface area (Å²) in [7, 11) is 0. The Morgan fingerprint density at radius 3 is 2.70 bits per heavy atom. The standard InChI is InChI=1S/C24H26N2O3S/c1-16(23-17(2)26-24(30-23)19-7-4-3-5-8-19)25-22(27)12-10-18-9-11-20-21(15-18)29-14-6-13-28-20/h3-5,7-9,11,15-16H,6,10,12-14H2,1-2H3,(H,25,27). The molecule has 1 amide bonds. The Balaban J connectivity index is 1.35. The first-order valence-corrected chi connectivity index (χ1v) is 11.1. The van der Waals surface area contributed by atoms with E-state index >= 15 is 0 Å². The number of aromatic nitrogens is 1. The van der Waals surface area contributed by atoms with Crippen molar-refractivity contribution in [1.29, 1.82) is 0 Å². The van der Waals surface area contributed by atoms with E-state index in [9.17, 15) is 4.79 Å². The third kappa shape index (κ3) is 4.82. The molecule has 1 N–H and O–H groups in total. The van der Waals surface area contributed by atoms with Gasteiger partial charge in [0, 0.05) is 18.4 Å². The van der Waals surface area contributed by atoms with Crippen LogP contribution in [0.15, 0.2) is 48.5 Å². The second kappa shape index (κ2) is 9.30. The molecule has 30 heavy (non-hydrogen) atoms. The summed E-state index contributed by atoms with van der Waals surface area (Å²) in [6.07, 6.45) is 1.97. The van der Waals surface area contributed by atoms with Gasteiger partial charge in [-0.25, -0.2) is 4.98 Å². The number of amides is 1. The largest absolute Gasteiger partial charge is 0.490 e. The minimum absolute atomic E-state index is 0.0312. The average Bonchev–Trinajstić information content (AvgIpc) is 3.00. The number of nitrogens with one attached hydrogen (secondary N) is 1. The average molecular weight is 423 g/mol. The maximum absolute atomic E-state index is 12.5. The number of carbonyl (C=O) groups excluding carboxylic acids is 1. The zero-order valence-electron chi connectivity index (χ0n) is 17.3. The summed E-state index contributed by atoms with van der Waals surface area (Å²) in [5.41, 5.74) is 3.14. The SMILES string of the molecule is Cc1nc(-c2ccccc2)sc1C(C)NC(=O)CCc1ccc2c(c1)OCCCO2. The number of carbonyl (C=O) groups is 1. The van der Waals surface area contributed by atoms with Crippen LogP contribution in [0.3, 0.4) is 0 Å². The lowest BCUT2D eigenvalue weighted by Gasteiger charge is -2.13. The Morgan fingerprint density at radius 1 is 1.13 bits per heavy atom. The lowest BCUT2D eigenvalue weighted by atomic mass is 10.1. The Morgan fingerprint density at radius 2 is 1.90 bits per heavy atom. The molecule has 1 unspecified atom stereocenters. The van der Waals surface area contributed by atoms with Crippen molar-refractivity contribution < 1.29 is 14.3 Å². The fourth-order valence-electron chi connectivity index (χ4n) is 3.51. The third-order valence-corrected chi connectivity index (χ3v) is 6.47. The fourth-order valence-corrected chi connectivity index (χ4v) is 4.59. The van der Waals surface area contributed by atoms with Gasteiger partial charge in [-0.05, 0) is 38.0 Å². The second-order valence-electron chi connectivity index (χ2n) is 7.46. The maximum atomic E-state index is 12.5. The van der Waals surface area contributed by atoms with Crippen LogP contribution >= 0.6 is 11.3 Å². The molecule has 0 aliphatic carbocycles. The molecule has 0 saturated heterocycles. The summed E-state index contributed by atoms with van der Waals surface area (Å²) in [5.74, 6) is 1.58. The molecule has 1 aliphatic heterocycles. The molecule has 1 atom stereocenters. The summed E-state index contributed by atoms with van der Waals surface area (Å²) < 4.78 is 11.4. The number of rotatable bonds is 6. The summed E-state index contributed by atoms with van der Waals surface area (Å²) in [5, 5.41) is 4.10. The zero-order chi connectivity index (χ0) is 20.9.